The van der Waals surface area contributed by atoms with E-state index in [9.17, 15) is 0 Å². The van der Waals surface area contributed by atoms with Gasteiger partial charge in [0, 0.05) is 32.2 Å². The van der Waals surface area contributed by atoms with E-state index in [0.29, 0.717) is 12.6 Å². The van der Waals surface area contributed by atoms with Gasteiger partial charge in [-0.15, -0.1) is 0 Å². The molecule has 1 rings (SSSR count). The van der Waals surface area contributed by atoms with Crippen LogP contribution < -0.4 is 5.73 Å². The van der Waals surface area contributed by atoms with Gasteiger partial charge in [0.2, 0.25) is 0 Å². The number of amidine groups is 1. The first-order valence-electron chi connectivity index (χ1n) is 4.89. The number of nitrogens with one attached hydrogen (secondary N) is 1. The second kappa shape index (κ2) is 4.58. The van der Waals surface area contributed by atoms with Gasteiger partial charge in [0.15, 0.2) is 0 Å². The van der Waals surface area contributed by atoms with Crippen LogP contribution in [0.2, 0.25) is 0 Å². The van der Waals surface area contributed by atoms with Gasteiger partial charge in [-0.05, 0) is 13.8 Å². The Morgan fingerprint density at radius 1 is 1.31 bits per heavy atom. The summed E-state index contributed by atoms with van der Waals surface area (Å²) in [5.41, 5.74) is 5.35. The molecule has 3 N–H and O–H groups in total. The summed E-state index contributed by atoms with van der Waals surface area (Å²) < 4.78 is 0. The van der Waals surface area contributed by atoms with E-state index < -0.39 is 0 Å². The van der Waals surface area contributed by atoms with Gasteiger partial charge in [-0.2, -0.15) is 0 Å². The Morgan fingerprint density at radius 2 is 1.85 bits per heavy atom. The van der Waals surface area contributed by atoms with Gasteiger partial charge in [-0.1, -0.05) is 0 Å². The molecule has 0 aromatic heterocycles. The number of nitrogens with two attached hydrogens (primary N) is 1. The third-order valence-corrected chi connectivity index (χ3v) is 2.53. The Bertz CT molecular complexity index is 170. The quantitative estimate of drug-likeness (QED) is 0.477. The van der Waals surface area contributed by atoms with Crippen molar-refractivity contribution in [2.24, 2.45) is 5.73 Å². The van der Waals surface area contributed by atoms with Crippen LogP contribution in [0.1, 0.15) is 13.8 Å². The summed E-state index contributed by atoms with van der Waals surface area (Å²) in [6.07, 6.45) is 0. The van der Waals surface area contributed by atoms with E-state index in [1.807, 2.05) is 0 Å². The molecule has 0 spiro atoms. The van der Waals surface area contributed by atoms with Crippen LogP contribution >= 0.6 is 0 Å². The van der Waals surface area contributed by atoms with Crippen molar-refractivity contribution in [3.63, 3.8) is 0 Å². The molecule has 4 heteroatoms. The molecule has 0 aliphatic carbocycles. The monoisotopic (exact) mass is 184 g/mol. The molecule has 0 atom stereocenters. The lowest BCUT2D eigenvalue weighted by molar-refractivity contribution is 0.119. The number of nitrogens with zero attached hydrogens (tertiary/aromatic N) is 2. The first-order valence-corrected chi connectivity index (χ1v) is 4.89. The Morgan fingerprint density at radius 3 is 2.23 bits per heavy atom. The van der Waals surface area contributed by atoms with Gasteiger partial charge < -0.3 is 5.73 Å². The van der Waals surface area contributed by atoms with Crippen LogP contribution in [0.15, 0.2) is 0 Å². The minimum atomic E-state index is 0.276. The number of hydrogen-bond acceptors (Lipinski definition) is 3. The highest BCUT2D eigenvalue weighted by Crippen LogP contribution is 2.04. The highest BCUT2D eigenvalue weighted by Gasteiger charge is 2.18. The largest absolute Gasteiger partial charge is 0.387 e. The maximum atomic E-state index is 7.19. The predicted molar refractivity (Wildman–Crippen MR) is 55.1 cm³/mol. The molecule has 4 nitrogen and oxygen atoms in total. The summed E-state index contributed by atoms with van der Waals surface area (Å²) in [5.74, 6) is 0.276. The van der Waals surface area contributed by atoms with Gasteiger partial charge >= 0.3 is 0 Å². The van der Waals surface area contributed by atoms with Crippen LogP contribution in [0.25, 0.3) is 0 Å². The second-order valence-corrected chi connectivity index (χ2v) is 3.93. The summed E-state index contributed by atoms with van der Waals surface area (Å²) in [6.45, 7) is 9.36. The molecule has 0 radical (unpaired) electrons. The Balaban J connectivity index is 2.26. The Kier molecular flexibility index (Phi) is 3.69. The van der Waals surface area contributed by atoms with Crippen LogP contribution in [0, 0.1) is 5.41 Å². The van der Waals surface area contributed by atoms with Crippen molar-refractivity contribution in [1.29, 1.82) is 5.41 Å². The maximum Gasteiger partial charge on any atom is 0.105 e. The standard InChI is InChI=1S/C9H20N4/c1-8(2)13-5-3-12(4-6-13)7-9(10)11/h8H,3-7H2,1-2H3,(H3,10,11). The summed E-state index contributed by atoms with van der Waals surface area (Å²) >= 11 is 0. The van der Waals surface area contributed by atoms with Gasteiger partial charge in [0.05, 0.1) is 6.54 Å². The molecule has 1 heterocycles. The molecule has 0 amide bonds. The predicted octanol–water partition coefficient (Wildman–Crippen LogP) is -0.0516. The lowest BCUT2D eigenvalue weighted by atomic mass is 10.2. The van der Waals surface area contributed by atoms with Gasteiger partial charge in [0.25, 0.3) is 0 Å². The normalized spacial score (nSPS) is 20.8. The van der Waals surface area contributed by atoms with Crippen LogP contribution in [0.4, 0.5) is 0 Å². The molecule has 0 aromatic carbocycles. The third kappa shape index (κ3) is 3.32. The molecule has 76 valence electrons. The number of piperazine rings is 1. The maximum absolute atomic E-state index is 7.19. The minimum Gasteiger partial charge on any atom is -0.387 e. The molecule has 1 fully saturated rings. The lowest BCUT2D eigenvalue weighted by Crippen LogP contribution is -2.50. The smallest absolute Gasteiger partial charge is 0.105 e. The number of hydrogen-bond donors (Lipinski definition) is 2. The Labute approximate surface area is 80.2 Å². The van der Waals surface area contributed by atoms with E-state index in [0.717, 1.165) is 26.2 Å². The molecule has 0 aromatic rings. The van der Waals surface area contributed by atoms with E-state index in [1.54, 1.807) is 0 Å². The zero-order valence-electron chi connectivity index (χ0n) is 8.58. The van der Waals surface area contributed by atoms with E-state index in [1.165, 1.54) is 0 Å². The van der Waals surface area contributed by atoms with Crippen molar-refractivity contribution in [3.8, 4) is 0 Å². The minimum absolute atomic E-state index is 0.276. The van der Waals surface area contributed by atoms with E-state index >= 15 is 0 Å². The Hall–Kier alpha value is -0.610. The summed E-state index contributed by atoms with van der Waals surface area (Å²) in [6, 6.07) is 0.638. The highest BCUT2D eigenvalue weighted by atomic mass is 15.3. The number of rotatable bonds is 3. The van der Waals surface area contributed by atoms with Gasteiger partial charge in [-0.3, -0.25) is 15.2 Å². The summed E-state index contributed by atoms with van der Waals surface area (Å²) in [4.78, 5) is 4.69. The van der Waals surface area contributed by atoms with Crippen LogP contribution in [0.5, 0.6) is 0 Å². The molecule has 13 heavy (non-hydrogen) atoms. The van der Waals surface area contributed by atoms with E-state index in [4.69, 9.17) is 11.1 Å². The SMILES string of the molecule is CC(C)N1CCN(CC(=N)N)CC1. The van der Waals surface area contributed by atoms with Crippen molar-refractivity contribution < 1.29 is 0 Å². The van der Waals surface area contributed by atoms with E-state index in [-0.39, 0.29) is 5.84 Å². The zero-order chi connectivity index (χ0) is 9.84. The molecular formula is C9H20N4. The van der Waals surface area contributed by atoms with Crippen molar-refractivity contribution in [3.05, 3.63) is 0 Å². The topological polar surface area (TPSA) is 56.4 Å². The van der Waals surface area contributed by atoms with Gasteiger partial charge in [-0.25, -0.2) is 0 Å². The molecule has 1 saturated heterocycles. The molecule has 0 saturated carbocycles. The molecule has 0 unspecified atom stereocenters. The summed E-state index contributed by atoms with van der Waals surface area (Å²) in [5, 5.41) is 7.19. The fourth-order valence-electron chi connectivity index (χ4n) is 1.68. The van der Waals surface area contributed by atoms with Gasteiger partial charge in [0.1, 0.15) is 5.84 Å². The summed E-state index contributed by atoms with van der Waals surface area (Å²) in [7, 11) is 0. The molecule has 1 aliphatic heterocycles. The fourth-order valence-corrected chi connectivity index (χ4v) is 1.68. The van der Waals surface area contributed by atoms with Crippen LogP contribution in [-0.4, -0.2) is 54.4 Å². The zero-order valence-corrected chi connectivity index (χ0v) is 8.58. The second-order valence-electron chi connectivity index (χ2n) is 3.93. The molecule has 1 aliphatic rings. The average molecular weight is 184 g/mol. The first-order chi connectivity index (χ1) is 6.09. The molecule has 0 bridgehead atoms. The van der Waals surface area contributed by atoms with E-state index in [2.05, 4.69) is 23.6 Å². The van der Waals surface area contributed by atoms with Crippen molar-refractivity contribution in [1.82, 2.24) is 9.80 Å². The van der Waals surface area contributed by atoms with Crippen molar-refractivity contribution >= 4 is 5.84 Å². The average Bonchev–Trinajstić information content (AvgIpc) is 2.04. The highest BCUT2D eigenvalue weighted by molar-refractivity contribution is 5.78. The van der Waals surface area contributed by atoms with Crippen molar-refractivity contribution in [2.75, 3.05) is 32.7 Å². The van der Waals surface area contributed by atoms with Crippen LogP contribution in [-0.2, 0) is 0 Å². The third-order valence-electron chi connectivity index (χ3n) is 2.53. The first kappa shape index (κ1) is 10.5. The van der Waals surface area contributed by atoms with Crippen LogP contribution in [0.3, 0.4) is 0 Å². The van der Waals surface area contributed by atoms with Crippen molar-refractivity contribution in [2.45, 2.75) is 19.9 Å². The molecular weight excluding hydrogens is 164 g/mol. The fraction of sp³-hybridized carbons (Fsp3) is 0.889. The lowest BCUT2D eigenvalue weighted by Gasteiger charge is -2.36.